The molecule has 1 aromatic rings. The highest BCUT2D eigenvalue weighted by Crippen LogP contribution is 2.25. The molecule has 0 radical (unpaired) electrons. The van der Waals surface area contributed by atoms with Gasteiger partial charge in [0.25, 0.3) is 5.69 Å². The molecule has 0 saturated heterocycles. The van der Waals surface area contributed by atoms with Crippen LogP contribution in [0, 0.1) is 10.1 Å². The predicted molar refractivity (Wildman–Crippen MR) is 63.4 cm³/mol. The van der Waals surface area contributed by atoms with Gasteiger partial charge in [-0.15, -0.1) is 6.58 Å². The number of rotatable bonds is 6. The molecule has 0 fully saturated rings. The molecule has 0 amide bonds. The van der Waals surface area contributed by atoms with Crippen molar-refractivity contribution >= 4 is 17.3 Å². The van der Waals surface area contributed by atoms with E-state index in [0.717, 1.165) is 0 Å². The van der Waals surface area contributed by atoms with Crippen LogP contribution >= 0.6 is 0 Å². The second-order valence-corrected chi connectivity index (χ2v) is 3.30. The fourth-order valence-corrected chi connectivity index (χ4v) is 1.28. The van der Waals surface area contributed by atoms with Crippen molar-refractivity contribution in [3.05, 3.63) is 46.5 Å². The van der Waals surface area contributed by atoms with Crippen LogP contribution < -0.4 is 5.32 Å². The smallest absolute Gasteiger partial charge is 0.335 e. The average Bonchev–Trinajstić information content (AvgIpc) is 2.28. The van der Waals surface area contributed by atoms with Crippen molar-refractivity contribution in [1.82, 2.24) is 0 Å². The Kier molecular flexibility index (Phi) is 4.21. The summed E-state index contributed by atoms with van der Waals surface area (Å²) in [6, 6.07) is 3.64. The number of hydrogen-bond donors (Lipinski definition) is 2. The van der Waals surface area contributed by atoms with Crippen molar-refractivity contribution in [2.75, 3.05) is 11.9 Å². The summed E-state index contributed by atoms with van der Waals surface area (Å²) in [7, 11) is 0. The zero-order valence-corrected chi connectivity index (χ0v) is 9.05. The van der Waals surface area contributed by atoms with E-state index in [-0.39, 0.29) is 16.9 Å². The predicted octanol–water partition coefficient (Wildman–Crippen LogP) is 2.28. The number of anilines is 1. The fraction of sp³-hybridized carbons (Fsp3) is 0.182. The summed E-state index contributed by atoms with van der Waals surface area (Å²) in [4.78, 5) is 20.9. The molecular formula is C11H12N2O4. The third-order valence-electron chi connectivity index (χ3n) is 2.10. The number of carboxylic acids is 1. The Bertz CT molecular complexity index is 457. The van der Waals surface area contributed by atoms with Crippen LogP contribution in [0.4, 0.5) is 11.4 Å². The number of aromatic carboxylic acids is 1. The second-order valence-electron chi connectivity index (χ2n) is 3.30. The Balaban J connectivity index is 3.02. The van der Waals surface area contributed by atoms with Gasteiger partial charge in [0.15, 0.2) is 0 Å². The van der Waals surface area contributed by atoms with Gasteiger partial charge in [-0.3, -0.25) is 10.1 Å². The third-order valence-corrected chi connectivity index (χ3v) is 2.10. The Hall–Kier alpha value is -2.37. The normalized spacial score (nSPS) is 9.65. The van der Waals surface area contributed by atoms with E-state index in [1.807, 2.05) is 0 Å². The number of benzene rings is 1. The summed E-state index contributed by atoms with van der Waals surface area (Å²) in [6.07, 6.45) is 2.30. The molecule has 1 rings (SSSR count). The quantitative estimate of drug-likeness (QED) is 0.342. The van der Waals surface area contributed by atoms with Gasteiger partial charge in [-0.05, 0) is 18.6 Å². The first-order valence-corrected chi connectivity index (χ1v) is 4.92. The van der Waals surface area contributed by atoms with Gasteiger partial charge in [0, 0.05) is 12.6 Å². The standard InChI is InChI=1S/C11H12N2O4/c1-2-3-6-12-9-7-8(11(14)15)4-5-10(9)13(16)17/h2,4-5,7,12H,1,3,6H2,(H,14,15). The lowest BCUT2D eigenvalue weighted by Crippen LogP contribution is -2.05. The molecule has 0 bridgehead atoms. The molecular weight excluding hydrogens is 224 g/mol. The molecule has 0 saturated carbocycles. The molecule has 0 unspecified atom stereocenters. The molecule has 0 aromatic heterocycles. The number of carbonyl (C=O) groups is 1. The summed E-state index contributed by atoms with van der Waals surface area (Å²) in [5, 5.41) is 22.3. The first kappa shape index (κ1) is 12.7. The topological polar surface area (TPSA) is 92.5 Å². The maximum absolute atomic E-state index is 10.8. The fourth-order valence-electron chi connectivity index (χ4n) is 1.28. The molecule has 1 aromatic carbocycles. The van der Waals surface area contributed by atoms with Gasteiger partial charge < -0.3 is 10.4 Å². The number of nitrogens with zero attached hydrogens (tertiary/aromatic N) is 1. The van der Waals surface area contributed by atoms with Crippen molar-refractivity contribution in [3.63, 3.8) is 0 Å². The molecule has 0 atom stereocenters. The van der Waals surface area contributed by atoms with Gasteiger partial charge in [-0.25, -0.2) is 4.79 Å². The van der Waals surface area contributed by atoms with Crippen molar-refractivity contribution in [2.24, 2.45) is 0 Å². The van der Waals surface area contributed by atoms with Crippen LogP contribution in [-0.2, 0) is 0 Å². The molecule has 2 N–H and O–H groups in total. The average molecular weight is 236 g/mol. The molecule has 6 nitrogen and oxygen atoms in total. The molecule has 0 aliphatic heterocycles. The molecule has 0 spiro atoms. The number of hydrogen-bond acceptors (Lipinski definition) is 4. The molecule has 0 aliphatic carbocycles. The summed E-state index contributed by atoms with van der Waals surface area (Å²) >= 11 is 0. The van der Waals surface area contributed by atoms with Crippen molar-refractivity contribution < 1.29 is 14.8 Å². The zero-order chi connectivity index (χ0) is 12.8. The van der Waals surface area contributed by atoms with E-state index in [0.29, 0.717) is 13.0 Å². The Morgan fingerprint density at radius 1 is 1.59 bits per heavy atom. The van der Waals surface area contributed by atoms with Crippen LogP contribution in [0.2, 0.25) is 0 Å². The van der Waals surface area contributed by atoms with Gasteiger partial charge >= 0.3 is 5.97 Å². The Labute approximate surface area is 97.7 Å². The van der Waals surface area contributed by atoms with E-state index in [9.17, 15) is 14.9 Å². The number of nitro groups is 1. The van der Waals surface area contributed by atoms with Gasteiger partial charge in [0.1, 0.15) is 5.69 Å². The first-order valence-electron chi connectivity index (χ1n) is 4.92. The van der Waals surface area contributed by atoms with Crippen LogP contribution in [0.1, 0.15) is 16.8 Å². The zero-order valence-electron chi connectivity index (χ0n) is 9.05. The van der Waals surface area contributed by atoms with Crippen molar-refractivity contribution in [3.8, 4) is 0 Å². The maximum atomic E-state index is 10.8. The van der Waals surface area contributed by atoms with E-state index in [4.69, 9.17) is 5.11 Å². The summed E-state index contributed by atoms with van der Waals surface area (Å²) in [5.41, 5.74) is 0.0764. The van der Waals surface area contributed by atoms with E-state index in [2.05, 4.69) is 11.9 Å². The number of nitrogens with one attached hydrogen (secondary N) is 1. The van der Waals surface area contributed by atoms with Crippen molar-refractivity contribution in [2.45, 2.75) is 6.42 Å². The van der Waals surface area contributed by atoms with Gasteiger partial charge in [0.05, 0.1) is 10.5 Å². The Morgan fingerprint density at radius 2 is 2.29 bits per heavy atom. The Morgan fingerprint density at radius 3 is 2.82 bits per heavy atom. The minimum Gasteiger partial charge on any atom is -0.478 e. The lowest BCUT2D eigenvalue weighted by atomic mass is 10.1. The summed E-state index contributed by atoms with van der Waals surface area (Å²) in [6.45, 7) is 3.99. The van der Waals surface area contributed by atoms with Gasteiger partial charge in [-0.1, -0.05) is 6.08 Å². The molecule has 6 heteroatoms. The van der Waals surface area contributed by atoms with Crippen LogP contribution in [0.25, 0.3) is 0 Å². The van der Waals surface area contributed by atoms with E-state index < -0.39 is 10.9 Å². The highest BCUT2D eigenvalue weighted by Gasteiger charge is 2.15. The van der Waals surface area contributed by atoms with E-state index in [1.54, 1.807) is 6.08 Å². The highest BCUT2D eigenvalue weighted by atomic mass is 16.6. The monoisotopic (exact) mass is 236 g/mol. The largest absolute Gasteiger partial charge is 0.478 e. The van der Waals surface area contributed by atoms with Crippen LogP contribution in [0.5, 0.6) is 0 Å². The van der Waals surface area contributed by atoms with Gasteiger partial charge in [-0.2, -0.15) is 0 Å². The third kappa shape index (κ3) is 3.30. The highest BCUT2D eigenvalue weighted by molar-refractivity contribution is 5.90. The SMILES string of the molecule is C=CCCNc1cc(C(=O)O)ccc1[N+](=O)[O-]. The molecule has 17 heavy (non-hydrogen) atoms. The second kappa shape index (κ2) is 5.64. The van der Waals surface area contributed by atoms with Crippen LogP contribution in [0.15, 0.2) is 30.9 Å². The van der Waals surface area contributed by atoms with Gasteiger partial charge in [0.2, 0.25) is 0 Å². The first-order chi connectivity index (χ1) is 8.06. The lowest BCUT2D eigenvalue weighted by Gasteiger charge is -2.06. The summed E-state index contributed by atoms with van der Waals surface area (Å²) in [5.74, 6) is -1.12. The summed E-state index contributed by atoms with van der Waals surface area (Å²) < 4.78 is 0. The number of nitro benzene ring substituents is 1. The van der Waals surface area contributed by atoms with E-state index >= 15 is 0 Å². The molecule has 0 aliphatic rings. The number of carboxylic acid groups (broad SMARTS) is 1. The minimum atomic E-state index is -1.12. The van der Waals surface area contributed by atoms with Crippen LogP contribution in [-0.4, -0.2) is 22.5 Å². The van der Waals surface area contributed by atoms with Crippen molar-refractivity contribution in [1.29, 1.82) is 0 Å². The van der Waals surface area contributed by atoms with Crippen LogP contribution in [0.3, 0.4) is 0 Å². The van der Waals surface area contributed by atoms with E-state index in [1.165, 1.54) is 18.2 Å². The maximum Gasteiger partial charge on any atom is 0.335 e. The molecule has 90 valence electrons. The minimum absolute atomic E-state index is 0.0108. The lowest BCUT2D eigenvalue weighted by molar-refractivity contribution is -0.384. The molecule has 0 heterocycles.